The molecule has 2 rings (SSSR count). The summed E-state index contributed by atoms with van der Waals surface area (Å²) in [5, 5.41) is 2.85. The van der Waals surface area contributed by atoms with Gasteiger partial charge < -0.3 is 15.8 Å². The first-order chi connectivity index (χ1) is 7.18. The summed E-state index contributed by atoms with van der Waals surface area (Å²) in [6.07, 6.45) is 0. The predicted molar refractivity (Wildman–Crippen MR) is 63.7 cm³/mol. The summed E-state index contributed by atoms with van der Waals surface area (Å²) in [4.78, 5) is 11.4. The van der Waals surface area contributed by atoms with Gasteiger partial charge in [0.25, 0.3) is 0 Å². The van der Waals surface area contributed by atoms with E-state index in [1.807, 2.05) is 24.3 Å². The Kier molecular flexibility index (Phi) is 4.15. The quantitative estimate of drug-likeness (QED) is 0.814. The van der Waals surface area contributed by atoms with E-state index in [-0.39, 0.29) is 24.4 Å². The van der Waals surface area contributed by atoms with E-state index in [1.54, 1.807) is 6.92 Å². The lowest BCUT2D eigenvalue weighted by molar-refractivity contribution is -0.122. The van der Waals surface area contributed by atoms with Crippen LogP contribution in [-0.2, 0) is 4.79 Å². The lowest BCUT2D eigenvalue weighted by Gasteiger charge is -2.13. The van der Waals surface area contributed by atoms with Gasteiger partial charge in [-0.3, -0.25) is 4.79 Å². The molecule has 1 amide bonds. The van der Waals surface area contributed by atoms with Crippen LogP contribution in [-0.4, -0.2) is 18.6 Å². The minimum absolute atomic E-state index is 0. The number of fused-ring (bicyclic) bond motifs is 1. The Morgan fingerprint density at radius 1 is 1.56 bits per heavy atom. The first-order valence-electron chi connectivity index (χ1n) is 4.96. The van der Waals surface area contributed by atoms with Crippen molar-refractivity contribution in [1.82, 2.24) is 5.32 Å². The molecule has 0 bridgehead atoms. The molecule has 88 valence electrons. The van der Waals surface area contributed by atoms with Crippen LogP contribution < -0.4 is 15.8 Å². The first kappa shape index (κ1) is 12.8. The second kappa shape index (κ2) is 5.18. The number of benzene rings is 1. The van der Waals surface area contributed by atoms with E-state index < -0.39 is 6.04 Å². The van der Waals surface area contributed by atoms with Gasteiger partial charge in [-0.1, -0.05) is 18.2 Å². The van der Waals surface area contributed by atoms with Gasteiger partial charge >= 0.3 is 0 Å². The van der Waals surface area contributed by atoms with E-state index in [4.69, 9.17) is 10.5 Å². The van der Waals surface area contributed by atoms with Gasteiger partial charge in [0.1, 0.15) is 12.4 Å². The molecule has 0 aromatic heterocycles. The summed E-state index contributed by atoms with van der Waals surface area (Å²) in [6, 6.07) is 7.13. The lowest BCUT2D eigenvalue weighted by atomic mass is 10.1. The maximum absolute atomic E-state index is 11.4. The fourth-order valence-corrected chi connectivity index (χ4v) is 1.59. The van der Waals surface area contributed by atoms with E-state index in [1.165, 1.54) is 0 Å². The number of amides is 1. The zero-order valence-corrected chi connectivity index (χ0v) is 9.79. The predicted octanol–water partition coefficient (Wildman–Crippen LogP) is 1.01. The average Bonchev–Trinajstić information content (AvgIpc) is 2.62. The highest BCUT2D eigenvalue weighted by Gasteiger charge is 2.25. The highest BCUT2D eigenvalue weighted by atomic mass is 35.5. The normalized spacial score (nSPS) is 19.0. The van der Waals surface area contributed by atoms with Crippen LogP contribution in [0.25, 0.3) is 0 Å². The number of nitrogens with two attached hydrogens (primary N) is 1. The van der Waals surface area contributed by atoms with Gasteiger partial charge in [0.05, 0.1) is 12.1 Å². The number of nitrogens with one attached hydrogen (secondary N) is 1. The van der Waals surface area contributed by atoms with Crippen molar-refractivity contribution in [3.8, 4) is 5.75 Å². The van der Waals surface area contributed by atoms with Crippen LogP contribution in [0.15, 0.2) is 24.3 Å². The van der Waals surface area contributed by atoms with Crippen LogP contribution in [0.3, 0.4) is 0 Å². The van der Waals surface area contributed by atoms with Gasteiger partial charge in [0.2, 0.25) is 5.91 Å². The molecule has 1 aliphatic rings. The fraction of sp³-hybridized carbons (Fsp3) is 0.364. The summed E-state index contributed by atoms with van der Waals surface area (Å²) < 4.78 is 5.44. The maximum Gasteiger partial charge on any atom is 0.237 e. The summed E-state index contributed by atoms with van der Waals surface area (Å²) >= 11 is 0. The molecule has 0 saturated carbocycles. The van der Waals surface area contributed by atoms with Gasteiger partial charge in [0.15, 0.2) is 0 Å². The van der Waals surface area contributed by atoms with Crippen molar-refractivity contribution in [1.29, 1.82) is 0 Å². The Morgan fingerprint density at radius 2 is 2.25 bits per heavy atom. The number of rotatable bonds is 2. The highest BCUT2D eigenvalue weighted by molar-refractivity contribution is 5.85. The monoisotopic (exact) mass is 242 g/mol. The van der Waals surface area contributed by atoms with Gasteiger partial charge in [-0.2, -0.15) is 0 Å². The number of para-hydroxylation sites is 1. The van der Waals surface area contributed by atoms with Crippen LogP contribution >= 0.6 is 12.4 Å². The number of carbonyl (C=O) groups is 1. The van der Waals surface area contributed by atoms with Gasteiger partial charge in [-0.05, 0) is 13.0 Å². The molecule has 0 radical (unpaired) electrons. The number of hydrogen-bond acceptors (Lipinski definition) is 3. The van der Waals surface area contributed by atoms with Gasteiger partial charge in [-0.15, -0.1) is 12.4 Å². The van der Waals surface area contributed by atoms with Crippen LogP contribution in [0, 0.1) is 0 Å². The summed E-state index contributed by atoms with van der Waals surface area (Å²) in [7, 11) is 0. The lowest BCUT2D eigenvalue weighted by Crippen LogP contribution is -2.40. The van der Waals surface area contributed by atoms with E-state index in [2.05, 4.69) is 5.32 Å². The van der Waals surface area contributed by atoms with Crippen molar-refractivity contribution in [2.24, 2.45) is 5.73 Å². The minimum atomic E-state index is -0.488. The molecule has 1 heterocycles. The van der Waals surface area contributed by atoms with Crippen molar-refractivity contribution in [3.63, 3.8) is 0 Å². The topological polar surface area (TPSA) is 64.4 Å². The van der Waals surface area contributed by atoms with Crippen molar-refractivity contribution in [3.05, 3.63) is 29.8 Å². The number of ether oxygens (including phenoxy) is 1. The molecule has 4 nitrogen and oxygen atoms in total. The third-order valence-corrected chi connectivity index (χ3v) is 2.43. The van der Waals surface area contributed by atoms with Crippen molar-refractivity contribution < 1.29 is 9.53 Å². The molecule has 0 aliphatic carbocycles. The zero-order valence-electron chi connectivity index (χ0n) is 8.97. The van der Waals surface area contributed by atoms with Crippen LogP contribution in [0.5, 0.6) is 5.75 Å². The molecule has 1 aromatic rings. The molecule has 2 atom stereocenters. The van der Waals surface area contributed by atoms with E-state index in [0.717, 1.165) is 11.3 Å². The highest BCUT2D eigenvalue weighted by Crippen LogP contribution is 2.31. The number of hydrogen-bond donors (Lipinski definition) is 2. The van der Waals surface area contributed by atoms with Crippen LogP contribution in [0.2, 0.25) is 0 Å². The average molecular weight is 243 g/mol. The smallest absolute Gasteiger partial charge is 0.237 e. The number of carbonyl (C=O) groups excluding carboxylic acids is 1. The third-order valence-electron chi connectivity index (χ3n) is 2.43. The van der Waals surface area contributed by atoms with Gasteiger partial charge in [0, 0.05) is 5.56 Å². The largest absolute Gasteiger partial charge is 0.491 e. The van der Waals surface area contributed by atoms with Crippen molar-refractivity contribution >= 4 is 18.3 Å². The Labute approximate surface area is 101 Å². The molecule has 0 saturated heterocycles. The van der Waals surface area contributed by atoms with Crippen LogP contribution in [0.4, 0.5) is 0 Å². The standard InChI is InChI=1S/C11H14N2O2.ClH/c1-7(12)11(14)13-9-6-15-10-5-3-2-4-8(9)10;/h2-5,7,9H,6,12H2,1H3,(H,13,14);1H/t7-,9?;/m0./s1. The molecular formula is C11H15ClN2O2. The minimum Gasteiger partial charge on any atom is -0.491 e. The van der Waals surface area contributed by atoms with Crippen molar-refractivity contribution in [2.45, 2.75) is 19.0 Å². The Morgan fingerprint density at radius 3 is 2.94 bits per heavy atom. The molecule has 16 heavy (non-hydrogen) atoms. The van der Waals surface area contributed by atoms with E-state index >= 15 is 0 Å². The second-order valence-corrected chi connectivity index (χ2v) is 3.70. The Balaban J connectivity index is 0.00000128. The molecule has 1 aromatic carbocycles. The number of halogens is 1. The Bertz CT molecular complexity index is 382. The molecule has 5 heteroatoms. The molecule has 0 fully saturated rings. The molecular weight excluding hydrogens is 228 g/mol. The molecule has 3 N–H and O–H groups in total. The van der Waals surface area contributed by atoms with E-state index in [0.29, 0.717) is 6.61 Å². The second-order valence-electron chi connectivity index (χ2n) is 3.70. The van der Waals surface area contributed by atoms with Crippen LogP contribution in [0.1, 0.15) is 18.5 Å². The van der Waals surface area contributed by atoms with Crippen molar-refractivity contribution in [2.75, 3.05) is 6.61 Å². The van der Waals surface area contributed by atoms with Gasteiger partial charge in [-0.25, -0.2) is 0 Å². The molecule has 1 aliphatic heterocycles. The zero-order chi connectivity index (χ0) is 10.8. The summed E-state index contributed by atoms with van der Waals surface area (Å²) in [5.74, 6) is 0.688. The fourth-order valence-electron chi connectivity index (χ4n) is 1.59. The van der Waals surface area contributed by atoms with E-state index in [9.17, 15) is 4.79 Å². The SMILES string of the molecule is C[C@H](N)C(=O)NC1COc2ccccc21.Cl. The Hall–Kier alpha value is -1.26. The molecule has 0 spiro atoms. The summed E-state index contributed by atoms with van der Waals surface area (Å²) in [6.45, 7) is 2.15. The molecule has 1 unspecified atom stereocenters. The first-order valence-corrected chi connectivity index (χ1v) is 4.96. The summed E-state index contributed by atoms with van der Waals surface area (Å²) in [5.41, 5.74) is 6.50. The third kappa shape index (κ3) is 2.46. The maximum atomic E-state index is 11.4.